The lowest BCUT2D eigenvalue weighted by Gasteiger charge is -2.52. The van der Waals surface area contributed by atoms with Crippen molar-refractivity contribution in [3.63, 3.8) is 0 Å². The highest BCUT2D eigenvalue weighted by atomic mass is 32.2. The van der Waals surface area contributed by atoms with Crippen LogP contribution >= 0.6 is 11.9 Å². The molecule has 2 aromatic heterocycles. The van der Waals surface area contributed by atoms with Crippen LogP contribution in [0.4, 0.5) is 24.8 Å². The van der Waals surface area contributed by atoms with E-state index in [9.17, 15) is 23.1 Å². The van der Waals surface area contributed by atoms with Gasteiger partial charge in [0.1, 0.15) is 16.7 Å². The smallest absolute Gasteiger partial charge is 0.418 e. The van der Waals surface area contributed by atoms with Crippen LogP contribution in [0, 0.1) is 18.8 Å². The van der Waals surface area contributed by atoms with Crippen LogP contribution in [0.25, 0.3) is 11.3 Å². The summed E-state index contributed by atoms with van der Waals surface area (Å²) < 4.78 is 44.1. The molecular weight excluding hydrogens is 489 g/mol. The Bertz CT molecular complexity index is 1290. The molecule has 0 spiro atoms. The normalized spacial score (nSPS) is 21.4. The monoisotopic (exact) mass is 514 g/mol. The number of halogens is 3. The summed E-state index contributed by atoms with van der Waals surface area (Å²) in [6.07, 6.45) is -2.08. The van der Waals surface area contributed by atoms with E-state index >= 15 is 0 Å². The Morgan fingerprint density at radius 1 is 1.11 bits per heavy atom. The van der Waals surface area contributed by atoms with Gasteiger partial charge in [-0.2, -0.15) is 13.2 Å². The van der Waals surface area contributed by atoms with Gasteiger partial charge < -0.3 is 14.7 Å². The quantitative estimate of drug-likeness (QED) is 0.375. The Kier molecular flexibility index (Phi) is 6.55. The molecule has 36 heavy (non-hydrogen) atoms. The summed E-state index contributed by atoms with van der Waals surface area (Å²) in [6.45, 7) is 2.58. The average Bonchev–Trinajstić information content (AvgIpc) is 2.83. The van der Waals surface area contributed by atoms with E-state index in [-0.39, 0.29) is 23.6 Å². The number of carboxylic acid groups (broad SMARTS) is 1. The average molecular weight is 515 g/mol. The number of alkyl halides is 3. The molecule has 3 unspecified atom stereocenters. The van der Waals surface area contributed by atoms with E-state index in [1.54, 1.807) is 31.2 Å². The van der Waals surface area contributed by atoms with Crippen LogP contribution in [0.1, 0.15) is 30.4 Å². The molecule has 1 aliphatic heterocycles. The highest BCUT2D eigenvalue weighted by Crippen LogP contribution is 2.45. The predicted molar refractivity (Wildman–Crippen MR) is 133 cm³/mol. The number of benzene rings is 1. The fourth-order valence-corrected chi connectivity index (χ4v) is 5.79. The van der Waals surface area contributed by atoms with Crippen molar-refractivity contribution in [3.05, 3.63) is 65.7 Å². The van der Waals surface area contributed by atoms with Gasteiger partial charge >= 0.3 is 12.1 Å². The number of aliphatic carboxylic acids is 1. The molecule has 0 bridgehead atoms. The Balaban J connectivity index is 1.34. The molecule has 6 nitrogen and oxygen atoms in total. The van der Waals surface area contributed by atoms with Crippen LogP contribution in [0.2, 0.25) is 0 Å². The van der Waals surface area contributed by atoms with Gasteiger partial charge in [0.05, 0.1) is 17.2 Å². The fraction of sp³-hybridized carbons (Fsp3) is 0.346. The fourth-order valence-electron chi connectivity index (χ4n) is 5.18. The summed E-state index contributed by atoms with van der Waals surface area (Å²) in [7, 11) is 0. The van der Waals surface area contributed by atoms with Crippen LogP contribution in [0.5, 0.6) is 0 Å². The number of piperidine rings is 1. The molecule has 2 fully saturated rings. The second kappa shape index (κ2) is 9.65. The van der Waals surface area contributed by atoms with Crippen molar-refractivity contribution in [1.29, 1.82) is 0 Å². The van der Waals surface area contributed by atoms with Crippen molar-refractivity contribution in [3.8, 4) is 11.3 Å². The molecule has 0 radical (unpaired) electrons. The number of nitrogens with one attached hydrogen (secondary N) is 1. The maximum absolute atomic E-state index is 13.7. The van der Waals surface area contributed by atoms with Crippen LogP contribution in [0.3, 0.4) is 0 Å². The number of hydrogen-bond acceptors (Lipinski definition) is 6. The first-order chi connectivity index (χ1) is 17.2. The lowest BCUT2D eigenvalue weighted by Crippen LogP contribution is -2.58. The van der Waals surface area contributed by atoms with Crippen molar-refractivity contribution in [1.82, 2.24) is 9.97 Å². The minimum Gasteiger partial charge on any atom is -0.481 e. The second-order valence-electron chi connectivity index (χ2n) is 9.19. The van der Waals surface area contributed by atoms with Gasteiger partial charge in [-0.3, -0.25) is 4.79 Å². The SMILES string of the molecule is Cc1ccccc1-c1nc(NSc2cccc(N3CCCC4C(C(=O)O)CC43)n2)ccc1C(F)(F)F. The van der Waals surface area contributed by atoms with Gasteiger partial charge in [0.2, 0.25) is 0 Å². The van der Waals surface area contributed by atoms with Gasteiger partial charge in [0, 0.05) is 30.1 Å². The van der Waals surface area contributed by atoms with Crippen LogP contribution in [-0.2, 0) is 11.0 Å². The number of fused-ring (bicyclic) bond motifs is 1. The molecule has 1 saturated carbocycles. The molecule has 5 rings (SSSR count). The number of aryl methyl sites for hydroxylation is 1. The first-order valence-electron chi connectivity index (χ1n) is 11.8. The molecule has 2 aliphatic rings. The van der Waals surface area contributed by atoms with Gasteiger partial charge in [-0.25, -0.2) is 9.97 Å². The van der Waals surface area contributed by atoms with Gasteiger partial charge in [-0.15, -0.1) is 0 Å². The van der Waals surface area contributed by atoms with E-state index in [4.69, 9.17) is 4.98 Å². The molecule has 1 aliphatic carbocycles. The highest BCUT2D eigenvalue weighted by Gasteiger charge is 2.49. The number of rotatable bonds is 6. The standard InChI is InChI=1S/C26H25F3N4O2S/c1-15-6-2-3-7-16(15)24-19(26(27,28)29)11-12-21(30-24)32-36-23-10-4-9-22(31-23)33-13-5-8-17-18(25(34)35)14-20(17)33/h2-4,6-7,9-12,17-18,20H,5,8,13-14H2,1H3,(H,30,32)(H,34,35). The number of hydrogen-bond donors (Lipinski definition) is 2. The van der Waals surface area contributed by atoms with E-state index in [2.05, 4.69) is 14.6 Å². The molecular formula is C26H25F3N4O2S. The van der Waals surface area contributed by atoms with Crippen molar-refractivity contribution in [2.24, 2.45) is 11.8 Å². The number of pyridine rings is 2. The predicted octanol–water partition coefficient (Wildman–Crippen LogP) is 6.28. The summed E-state index contributed by atoms with van der Waals surface area (Å²) in [5, 5.41) is 10.0. The zero-order valence-electron chi connectivity index (χ0n) is 19.5. The Morgan fingerprint density at radius 3 is 2.67 bits per heavy atom. The van der Waals surface area contributed by atoms with Crippen molar-refractivity contribution < 1.29 is 23.1 Å². The van der Waals surface area contributed by atoms with E-state index in [0.717, 1.165) is 31.3 Å². The summed E-state index contributed by atoms with van der Waals surface area (Å²) in [6, 6.07) is 15.0. The molecule has 0 amide bonds. The van der Waals surface area contributed by atoms with E-state index in [1.807, 2.05) is 18.2 Å². The molecule has 2 N–H and O–H groups in total. The number of anilines is 2. The lowest BCUT2D eigenvalue weighted by molar-refractivity contribution is -0.149. The number of aromatic nitrogens is 2. The van der Waals surface area contributed by atoms with Crippen LogP contribution in [-0.4, -0.2) is 33.6 Å². The third-order valence-corrected chi connectivity index (χ3v) is 7.77. The van der Waals surface area contributed by atoms with Gasteiger partial charge in [0.15, 0.2) is 0 Å². The summed E-state index contributed by atoms with van der Waals surface area (Å²) in [5.74, 6) is 0.198. The molecule has 1 aromatic carbocycles. The Hall–Kier alpha value is -3.27. The van der Waals surface area contributed by atoms with Gasteiger partial charge in [-0.05, 0) is 61.9 Å². The van der Waals surface area contributed by atoms with E-state index in [1.165, 1.54) is 18.0 Å². The summed E-state index contributed by atoms with van der Waals surface area (Å²) in [4.78, 5) is 22.7. The first-order valence-corrected chi connectivity index (χ1v) is 12.6. The summed E-state index contributed by atoms with van der Waals surface area (Å²) in [5.41, 5.74) is 0.228. The number of carboxylic acids is 1. The maximum atomic E-state index is 13.7. The molecule has 3 heterocycles. The third-order valence-electron chi connectivity index (χ3n) is 7.02. The number of nitrogens with zero attached hydrogens (tertiary/aromatic N) is 3. The van der Waals surface area contributed by atoms with Gasteiger partial charge in [0.25, 0.3) is 0 Å². The van der Waals surface area contributed by atoms with E-state index in [0.29, 0.717) is 28.4 Å². The number of carbonyl (C=O) groups is 1. The summed E-state index contributed by atoms with van der Waals surface area (Å²) >= 11 is 1.17. The minimum atomic E-state index is -4.53. The maximum Gasteiger partial charge on any atom is 0.418 e. The highest BCUT2D eigenvalue weighted by molar-refractivity contribution is 8.00. The molecule has 1 saturated heterocycles. The van der Waals surface area contributed by atoms with Crippen LogP contribution in [0.15, 0.2) is 59.6 Å². The lowest BCUT2D eigenvalue weighted by atomic mass is 9.64. The Labute approximate surface area is 211 Å². The molecule has 3 aromatic rings. The molecule has 188 valence electrons. The van der Waals surface area contributed by atoms with Crippen molar-refractivity contribution >= 4 is 29.6 Å². The van der Waals surface area contributed by atoms with Gasteiger partial charge in [-0.1, -0.05) is 30.3 Å². The van der Waals surface area contributed by atoms with Crippen molar-refractivity contribution in [2.75, 3.05) is 16.2 Å². The zero-order valence-corrected chi connectivity index (χ0v) is 20.3. The minimum absolute atomic E-state index is 0.120. The van der Waals surface area contributed by atoms with E-state index < -0.39 is 17.7 Å². The first kappa shape index (κ1) is 24.4. The molecule has 3 atom stereocenters. The zero-order chi connectivity index (χ0) is 25.4. The van der Waals surface area contributed by atoms with Crippen molar-refractivity contribution in [2.45, 2.75) is 43.4 Å². The Morgan fingerprint density at radius 2 is 1.92 bits per heavy atom. The largest absolute Gasteiger partial charge is 0.481 e. The molecule has 10 heteroatoms. The van der Waals surface area contributed by atoms with Crippen LogP contribution < -0.4 is 9.62 Å². The third kappa shape index (κ3) is 4.74. The topological polar surface area (TPSA) is 78.4 Å². The second-order valence-corrected chi connectivity index (χ2v) is 10.0.